The zero-order chi connectivity index (χ0) is 9.56. The monoisotopic (exact) mass is 172 g/mol. The Labute approximate surface area is 70.5 Å². The minimum atomic E-state index is -0.806. The average Bonchev–Trinajstić information content (AvgIpc) is 2.00. The SMILES string of the molecule is CCCC(=O)NNC(=O)C(C)=O. The summed E-state index contributed by atoms with van der Waals surface area (Å²) in [6.07, 6.45) is 1.03. The van der Waals surface area contributed by atoms with Crippen LogP contribution < -0.4 is 10.9 Å². The second-order valence-electron chi connectivity index (χ2n) is 2.31. The van der Waals surface area contributed by atoms with Crippen LogP contribution in [0.4, 0.5) is 0 Å². The van der Waals surface area contributed by atoms with Gasteiger partial charge in [-0.1, -0.05) is 6.92 Å². The van der Waals surface area contributed by atoms with Crippen LogP contribution in [0.3, 0.4) is 0 Å². The van der Waals surface area contributed by atoms with Crippen LogP contribution in [0.5, 0.6) is 0 Å². The Bertz CT molecular complexity index is 201. The molecule has 0 bridgehead atoms. The number of amides is 2. The molecule has 0 radical (unpaired) electrons. The Morgan fingerprint density at radius 1 is 1.17 bits per heavy atom. The van der Waals surface area contributed by atoms with Crippen molar-refractivity contribution in [1.82, 2.24) is 10.9 Å². The van der Waals surface area contributed by atoms with E-state index in [1.165, 1.54) is 0 Å². The number of hydrazine groups is 1. The molecule has 0 heterocycles. The van der Waals surface area contributed by atoms with Crippen LogP contribution >= 0.6 is 0 Å². The van der Waals surface area contributed by atoms with Crippen molar-refractivity contribution in [2.45, 2.75) is 26.7 Å². The van der Waals surface area contributed by atoms with Crippen LogP contribution in [0, 0.1) is 0 Å². The maximum atomic E-state index is 10.7. The van der Waals surface area contributed by atoms with E-state index in [4.69, 9.17) is 0 Å². The average molecular weight is 172 g/mol. The summed E-state index contributed by atoms with van der Waals surface area (Å²) in [5, 5.41) is 0. The fourth-order valence-electron chi connectivity index (χ4n) is 0.504. The summed E-state index contributed by atoms with van der Waals surface area (Å²) < 4.78 is 0. The molecular formula is C7H12N2O3. The number of hydrogen-bond acceptors (Lipinski definition) is 3. The van der Waals surface area contributed by atoms with Crippen molar-refractivity contribution in [3.05, 3.63) is 0 Å². The number of hydrogen-bond donors (Lipinski definition) is 2. The van der Waals surface area contributed by atoms with Crippen LogP contribution in [0.25, 0.3) is 0 Å². The molecule has 68 valence electrons. The van der Waals surface area contributed by atoms with Crippen molar-refractivity contribution in [3.8, 4) is 0 Å². The predicted octanol–water partition coefficient (Wildman–Crippen LogP) is -0.477. The lowest BCUT2D eigenvalue weighted by Crippen LogP contribution is -2.44. The molecule has 2 N–H and O–H groups in total. The first-order valence-electron chi connectivity index (χ1n) is 3.67. The van der Waals surface area contributed by atoms with E-state index < -0.39 is 11.7 Å². The van der Waals surface area contributed by atoms with E-state index in [2.05, 4.69) is 5.43 Å². The van der Waals surface area contributed by atoms with Crippen LogP contribution in [0.1, 0.15) is 26.7 Å². The molecule has 0 aromatic carbocycles. The minimum Gasteiger partial charge on any atom is -0.289 e. The molecule has 5 heteroatoms. The highest BCUT2D eigenvalue weighted by Crippen LogP contribution is 1.83. The molecule has 0 unspecified atom stereocenters. The zero-order valence-electron chi connectivity index (χ0n) is 7.14. The third-order valence-electron chi connectivity index (χ3n) is 1.11. The van der Waals surface area contributed by atoms with E-state index in [9.17, 15) is 14.4 Å². The second-order valence-corrected chi connectivity index (χ2v) is 2.31. The number of ketones is 1. The molecule has 0 saturated carbocycles. The van der Waals surface area contributed by atoms with Gasteiger partial charge in [0.2, 0.25) is 11.7 Å². The van der Waals surface area contributed by atoms with Crippen molar-refractivity contribution < 1.29 is 14.4 Å². The zero-order valence-corrected chi connectivity index (χ0v) is 7.14. The lowest BCUT2D eigenvalue weighted by Gasteiger charge is -2.03. The van der Waals surface area contributed by atoms with Gasteiger partial charge in [-0.25, -0.2) is 0 Å². The van der Waals surface area contributed by atoms with Crippen LogP contribution in [0.15, 0.2) is 0 Å². The van der Waals surface area contributed by atoms with Crippen molar-refractivity contribution in [3.63, 3.8) is 0 Å². The van der Waals surface area contributed by atoms with E-state index >= 15 is 0 Å². The van der Waals surface area contributed by atoms with Crippen molar-refractivity contribution >= 4 is 17.6 Å². The molecule has 0 spiro atoms. The predicted molar refractivity (Wildman–Crippen MR) is 41.9 cm³/mol. The van der Waals surface area contributed by atoms with Gasteiger partial charge >= 0.3 is 5.91 Å². The van der Waals surface area contributed by atoms with Gasteiger partial charge in [0.05, 0.1) is 0 Å². The van der Waals surface area contributed by atoms with Crippen LogP contribution in [-0.2, 0) is 14.4 Å². The Morgan fingerprint density at radius 2 is 1.75 bits per heavy atom. The molecule has 0 aliphatic heterocycles. The Balaban J connectivity index is 3.61. The first kappa shape index (κ1) is 10.6. The summed E-state index contributed by atoms with van der Waals surface area (Å²) in [7, 11) is 0. The smallest absolute Gasteiger partial charge is 0.289 e. The number of rotatable bonds is 3. The van der Waals surface area contributed by atoms with Gasteiger partial charge in [0.1, 0.15) is 0 Å². The van der Waals surface area contributed by atoms with E-state index in [0.717, 1.165) is 6.92 Å². The topological polar surface area (TPSA) is 75.3 Å². The third-order valence-corrected chi connectivity index (χ3v) is 1.11. The summed E-state index contributed by atoms with van der Waals surface area (Å²) in [5.74, 6) is -1.74. The molecule has 2 amide bonds. The van der Waals surface area contributed by atoms with Gasteiger partial charge in [-0.15, -0.1) is 0 Å². The van der Waals surface area contributed by atoms with Gasteiger partial charge in [0.15, 0.2) is 0 Å². The van der Waals surface area contributed by atoms with E-state index in [1.807, 2.05) is 12.3 Å². The van der Waals surface area contributed by atoms with Gasteiger partial charge in [-0.3, -0.25) is 25.2 Å². The third kappa shape index (κ3) is 4.43. The first-order valence-corrected chi connectivity index (χ1v) is 3.67. The molecule has 12 heavy (non-hydrogen) atoms. The molecule has 0 aliphatic rings. The fourth-order valence-corrected chi connectivity index (χ4v) is 0.504. The van der Waals surface area contributed by atoms with Gasteiger partial charge in [0.25, 0.3) is 0 Å². The van der Waals surface area contributed by atoms with Gasteiger partial charge in [-0.05, 0) is 6.42 Å². The van der Waals surface area contributed by atoms with E-state index in [0.29, 0.717) is 12.8 Å². The minimum absolute atomic E-state index is 0.299. The quantitative estimate of drug-likeness (QED) is 0.446. The highest BCUT2D eigenvalue weighted by Gasteiger charge is 2.07. The molecule has 0 aliphatic carbocycles. The molecule has 5 nitrogen and oxygen atoms in total. The van der Waals surface area contributed by atoms with Gasteiger partial charge in [0, 0.05) is 13.3 Å². The lowest BCUT2D eigenvalue weighted by atomic mass is 10.3. The lowest BCUT2D eigenvalue weighted by molar-refractivity contribution is -0.138. The number of Topliss-reactive ketones (excluding diaryl/α,β-unsaturated/α-hetero) is 1. The molecular weight excluding hydrogens is 160 g/mol. The second kappa shape index (κ2) is 5.29. The highest BCUT2D eigenvalue weighted by molar-refractivity contribution is 6.35. The van der Waals surface area contributed by atoms with Gasteiger partial charge in [-0.2, -0.15) is 0 Å². The summed E-state index contributed by atoms with van der Waals surface area (Å²) in [6.45, 7) is 2.97. The highest BCUT2D eigenvalue weighted by atomic mass is 16.2. The molecule has 0 saturated heterocycles. The standard InChI is InChI=1S/C7H12N2O3/c1-3-4-6(11)8-9-7(12)5(2)10/h3-4H2,1-2H3,(H,8,11)(H,9,12). The van der Waals surface area contributed by atoms with Crippen LogP contribution in [0.2, 0.25) is 0 Å². The maximum Gasteiger partial charge on any atom is 0.305 e. The van der Waals surface area contributed by atoms with Crippen LogP contribution in [-0.4, -0.2) is 17.6 Å². The largest absolute Gasteiger partial charge is 0.305 e. The van der Waals surface area contributed by atoms with E-state index in [-0.39, 0.29) is 5.91 Å². The number of carbonyl (C=O) groups is 3. The molecule has 0 atom stereocenters. The number of nitrogens with one attached hydrogen (secondary N) is 2. The normalized spacial score (nSPS) is 8.83. The Hall–Kier alpha value is -1.39. The van der Waals surface area contributed by atoms with Gasteiger partial charge < -0.3 is 0 Å². The van der Waals surface area contributed by atoms with Crippen molar-refractivity contribution in [2.24, 2.45) is 0 Å². The molecule has 0 aromatic heterocycles. The summed E-state index contributed by atoms with van der Waals surface area (Å²) >= 11 is 0. The fraction of sp³-hybridized carbons (Fsp3) is 0.571. The molecule has 0 rings (SSSR count). The summed E-state index contributed by atoms with van der Waals surface area (Å²) in [5.41, 5.74) is 4.08. The Morgan fingerprint density at radius 3 is 2.17 bits per heavy atom. The van der Waals surface area contributed by atoms with E-state index in [1.54, 1.807) is 0 Å². The summed E-state index contributed by atoms with van der Waals surface area (Å²) in [6, 6.07) is 0. The maximum absolute atomic E-state index is 10.7. The Kier molecular flexibility index (Phi) is 4.67. The molecule has 0 fully saturated rings. The number of carbonyl (C=O) groups excluding carboxylic acids is 3. The van der Waals surface area contributed by atoms with Crippen molar-refractivity contribution in [2.75, 3.05) is 0 Å². The summed E-state index contributed by atoms with van der Waals surface area (Å²) in [4.78, 5) is 31.7. The first-order chi connectivity index (χ1) is 5.57. The van der Waals surface area contributed by atoms with Crippen molar-refractivity contribution in [1.29, 1.82) is 0 Å². The molecule has 0 aromatic rings.